The zero-order valence-corrected chi connectivity index (χ0v) is 18.7. The molecule has 0 aliphatic heterocycles. The van der Waals surface area contributed by atoms with Gasteiger partial charge in [-0.2, -0.15) is 0 Å². The molecule has 180 valence electrons. The third-order valence-electron chi connectivity index (χ3n) is 5.76. The average Bonchev–Trinajstić information content (AvgIpc) is 3.13. The Morgan fingerprint density at radius 1 is 0.971 bits per heavy atom. The minimum atomic E-state index is -1.29. The van der Waals surface area contributed by atoms with Gasteiger partial charge in [0, 0.05) is 12.0 Å². The molecule has 3 aromatic rings. The molecule has 3 N–H and O–H groups in total. The second-order valence-corrected chi connectivity index (χ2v) is 8.21. The van der Waals surface area contributed by atoms with Gasteiger partial charge in [0.05, 0.1) is 12.1 Å². The average molecular weight is 480 g/mol. The van der Waals surface area contributed by atoms with Gasteiger partial charge < -0.3 is 15.2 Å². The number of benzene rings is 3. The lowest BCUT2D eigenvalue weighted by Crippen LogP contribution is -2.35. The third-order valence-corrected chi connectivity index (χ3v) is 5.76. The van der Waals surface area contributed by atoms with Crippen LogP contribution in [-0.4, -0.2) is 35.7 Å². The number of carbonyl (C=O) groups excluding carboxylic acids is 2. The van der Waals surface area contributed by atoms with E-state index in [-0.39, 0.29) is 12.5 Å². The normalized spacial score (nSPS) is 12.9. The zero-order valence-electron chi connectivity index (χ0n) is 18.7. The number of anilines is 1. The first-order chi connectivity index (χ1) is 16.8. The number of nitrogens with one attached hydrogen (secondary N) is 2. The second kappa shape index (κ2) is 9.92. The molecule has 7 nitrogen and oxygen atoms in total. The highest BCUT2D eigenvalue weighted by molar-refractivity contribution is 5.97. The number of hydrogen-bond acceptors (Lipinski definition) is 4. The number of ether oxygens (including phenoxy) is 1. The van der Waals surface area contributed by atoms with Gasteiger partial charge in [-0.1, -0.05) is 48.5 Å². The van der Waals surface area contributed by atoms with Gasteiger partial charge in [0.15, 0.2) is 5.82 Å². The fourth-order valence-corrected chi connectivity index (χ4v) is 4.21. The van der Waals surface area contributed by atoms with Crippen LogP contribution in [0.3, 0.4) is 0 Å². The Kier molecular flexibility index (Phi) is 6.77. The number of hydrogen-bond donors (Lipinski definition) is 3. The molecule has 0 heterocycles. The maximum absolute atomic E-state index is 14.9. The molecule has 9 heteroatoms. The van der Waals surface area contributed by atoms with Gasteiger partial charge in [-0.05, 0) is 41.3 Å². The van der Waals surface area contributed by atoms with Crippen LogP contribution in [0.15, 0.2) is 60.7 Å². The molecule has 0 fully saturated rings. The summed E-state index contributed by atoms with van der Waals surface area (Å²) in [5.41, 5.74) is 2.73. The molecular formula is C26H22F2N2O5. The first kappa shape index (κ1) is 23.9. The van der Waals surface area contributed by atoms with Crippen LogP contribution in [0.4, 0.5) is 19.3 Å². The van der Waals surface area contributed by atoms with Crippen LogP contribution < -0.4 is 10.6 Å². The Bertz CT molecular complexity index is 1270. The molecule has 0 bridgehead atoms. The van der Waals surface area contributed by atoms with E-state index in [1.165, 1.54) is 6.92 Å². The van der Waals surface area contributed by atoms with E-state index in [1.54, 1.807) is 0 Å². The molecule has 0 unspecified atom stereocenters. The third kappa shape index (κ3) is 4.98. The maximum atomic E-state index is 14.9. The number of rotatable bonds is 7. The van der Waals surface area contributed by atoms with Crippen molar-refractivity contribution in [2.24, 2.45) is 0 Å². The van der Waals surface area contributed by atoms with Gasteiger partial charge in [-0.25, -0.2) is 13.6 Å². The summed E-state index contributed by atoms with van der Waals surface area (Å²) in [5, 5.41) is 13.2. The Balaban J connectivity index is 1.46. The second-order valence-electron chi connectivity index (χ2n) is 8.21. The largest absolute Gasteiger partial charge is 0.481 e. The molecule has 1 aliphatic carbocycles. The van der Waals surface area contributed by atoms with Crippen molar-refractivity contribution in [2.45, 2.75) is 25.3 Å². The fraction of sp³-hybridized carbons (Fsp3) is 0.192. The molecule has 0 aromatic heterocycles. The first-order valence-electron chi connectivity index (χ1n) is 10.9. The summed E-state index contributed by atoms with van der Waals surface area (Å²) in [7, 11) is 0. The summed E-state index contributed by atoms with van der Waals surface area (Å²) < 4.78 is 34.5. The lowest BCUT2D eigenvalue weighted by Gasteiger charge is -2.16. The predicted molar refractivity (Wildman–Crippen MR) is 124 cm³/mol. The van der Waals surface area contributed by atoms with Gasteiger partial charge >= 0.3 is 12.1 Å². The van der Waals surface area contributed by atoms with Crippen LogP contribution in [0, 0.1) is 11.6 Å². The highest BCUT2D eigenvalue weighted by atomic mass is 19.1. The molecule has 0 saturated carbocycles. The van der Waals surface area contributed by atoms with Crippen molar-refractivity contribution < 1.29 is 33.0 Å². The fourth-order valence-electron chi connectivity index (χ4n) is 4.21. The van der Waals surface area contributed by atoms with E-state index in [9.17, 15) is 23.2 Å². The van der Waals surface area contributed by atoms with E-state index in [1.807, 2.05) is 48.5 Å². The number of aliphatic carboxylic acids is 1. The number of carboxylic acid groups (broad SMARTS) is 1. The molecule has 0 radical (unpaired) electrons. The van der Waals surface area contributed by atoms with Crippen molar-refractivity contribution in [2.75, 3.05) is 11.9 Å². The van der Waals surface area contributed by atoms with Gasteiger partial charge in [0.1, 0.15) is 18.0 Å². The number of amides is 2. The standard InChI is InChI=1S/C26H22F2N2O5/c1-14(12-22(31)32)29-25(33)23-20(27)10-11-21(24(23)28)30-26(34)35-13-19-17-8-4-2-6-15(17)16-7-3-5-9-18(16)19/h2-11,14,19H,12-13H2,1H3,(H,29,33)(H,30,34)(H,31,32)/t14-/m1/s1. The Hall–Kier alpha value is -4.27. The van der Waals surface area contributed by atoms with Gasteiger partial charge in [0.25, 0.3) is 5.91 Å². The number of carboxylic acids is 1. The van der Waals surface area contributed by atoms with Crippen LogP contribution in [0.25, 0.3) is 11.1 Å². The van der Waals surface area contributed by atoms with Crippen molar-refractivity contribution in [3.8, 4) is 11.1 Å². The van der Waals surface area contributed by atoms with Crippen molar-refractivity contribution >= 4 is 23.7 Å². The molecular weight excluding hydrogens is 458 g/mol. The van der Waals surface area contributed by atoms with E-state index in [4.69, 9.17) is 9.84 Å². The Morgan fingerprint density at radius 3 is 2.17 bits per heavy atom. The quantitative estimate of drug-likeness (QED) is 0.445. The first-order valence-corrected chi connectivity index (χ1v) is 10.9. The molecule has 4 rings (SSSR count). The monoisotopic (exact) mass is 480 g/mol. The summed E-state index contributed by atoms with van der Waals surface area (Å²) in [4.78, 5) is 35.5. The van der Waals surface area contributed by atoms with E-state index in [2.05, 4.69) is 10.6 Å². The number of carbonyl (C=O) groups is 3. The summed E-state index contributed by atoms with van der Waals surface area (Å²) >= 11 is 0. The van der Waals surface area contributed by atoms with Crippen LogP contribution in [-0.2, 0) is 9.53 Å². The van der Waals surface area contributed by atoms with Gasteiger partial charge in [-0.3, -0.25) is 14.9 Å². The number of halogens is 2. The topological polar surface area (TPSA) is 105 Å². The molecule has 0 saturated heterocycles. The summed E-state index contributed by atoms with van der Waals surface area (Å²) in [6, 6.07) is 16.5. The van der Waals surface area contributed by atoms with Gasteiger partial charge in [0.2, 0.25) is 0 Å². The van der Waals surface area contributed by atoms with Crippen molar-refractivity contribution in [3.63, 3.8) is 0 Å². The molecule has 2 amide bonds. The van der Waals surface area contributed by atoms with Crippen LogP contribution in [0.5, 0.6) is 0 Å². The van der Waals surface area contributed by atoms with E-state index < -0.39 is 53.3 Å². The number of fused-ring (bicyclic) bond motifs is 3. The molecule has 1 atom stereocenters. The zero-order chi connectivity index (χ0) is 25.1. The smallest absolute Gasteiger partial charge is 0.411 e. The summed E-state index contributed by atoms with van der Waals surface area (Å²) in [5.74, 6) is -4.96. The van der Waals surface area contributed by atoms with Crippen LogP contribution in [0.1, 0.15) is 40.7 Å². The maximum Gasteiger partial charge on any atom is 0.411 e. The minimum Gasteiger partial charge on any atom is -0.481 e. The molecule has 1 aliphatic rings. The van der Waals surface area contributed by atoms with Crippen molar-refractivity contribution in [1.82, 2.24) is 5.32 Å². The predicted octanol–water partition coefficient (Wildman–Crippen LogP) is 4.92. The summed E-state index contributed by atoms with van der Waals surface area (Å²) in [6.45, 7) is 1.38. The van der Waals surface area contributed by atoms with Crippen LogP contribution in [0.2, 0.25) is 0 Å². The highest BCUT2D eigenvalue weighted by Gasteiger charge is 2.29. The van der Waals surface area contributed by atoms with Crippen LogP contribution >= 0.6 is 0 Å². The molecule has 35 heavy (non-hydrogen) atoms. The van der Waals surface area contributed by atoms with E-state index >= 15 is 0 Å². The van der Waals surface area contributed by atoms with Crippen molar-refractivity contribution in [1.29, 1.82) is 0 Å². The lowest BCUT2D eigenvalue weighted by atomic mass is 9.98. The Morgan fingerprint density at radius 2 is 1.57 bits per heavy atom. The van der Waals surface area contributed by atoms with Crippen molar-refractivity contribution in [3.05, 3.63) is 89.0 Å². The lowest BCUT2D eigenvalue weighted by molar-refractivity contribution is -0.137. The molecule has 0 spiro atoms. The summed E-state index contributed by atoms with van der Waals surface area (Å²) in [6.07, 6.45) is -1.39. The molecule has 3 aromatic carbocycles. The van der Waals surface area contributed by atoms with Gasteiger partial charge in [-0.15, -0.1) is 0 Å². The Labute approximate surface area is 199 Å². The minimum absolute atomic E-state index is 0.0112. The SMILES string of the molecule is C[C@H](CC(=O)O)NC(=O)c1c(F)ccc(NC(=O)OCC2c3ccccc3-c3ccccc32)c1F. The van der Waals surface area contributed by atoms with E-state index in [0.717, 1.165) is 34.4 Å². The highest BCUT2D eigenvalue weighted by Crippen LogP contribution is 2.44. The van der Waals surface area contributed by atoms with E-state index in [0.29, 0.717) is 0 Å².